The third-order valence-corrected chi connectivity index (χ3v) is 1.57. The Hall–Kier alpha value is -1.58. The van der Waals surface area contributed by atoms with Gasteiger partial charge in [-0.15, -0.1) is 5.10 Å². The van der Waals surface area contributed by atoms with Crippen molar-refractivity contribution in [2.45, 2.75) is 20.8 Å². The number of nitrogens with zero attached hydrogens (tertiary/aromatic N) is 3. The van der Waals surface area contributed by atoms with E-state index in [-0.39, 0.29) is 0 Å². The molecular weight excluding hydrogens is 178 g/mol. The molecule has 0 aliphatic heterocycles. The van der Waals surface area contributed by atoms with Gasteiger partial charge >= 0.3 is 0 Å². The molecule has 0 saturated heterocycles. The van der Waals surface area contributed by atoms with Gasteiger partial charge in [-0.2, -0.15) is 0 Å². The lowest BCUT2D eigenvalue weighted by atomic mass is 10.3. The van der Waals surface area contributed by atoms with Crippen LogP contribution in [0.25, 0.3) is 11.0 Å². The first-order valence-corrected chi connectivity index (χ1v) is 4.85. The smallest absolute Gasteiger partial charge is 0.130 e. The fourth-order valence-electron chi connectivity index (χ4n) is 1.07. The second-order valence-corrected chi connectivity index (χ2v) is 2.37. The number of hydrogen-bond donors (Lipinski definition) is 0. The average molecular weight is 193 g/mol. The first kappa shape index (κ1) is 10.5. The standard InChI is InChI=1S/C8H9N3O.C2H6/c1-2-12-11-8-6-4-3-5-7(8)9-10-11;1-2/h3-6H,2H2,1H3;1-2H3. The lowest BCUT2D eigenvalue weighted by molar-refractivity contribution is 0.0979. The molecule has 0 spiro atoms. The van der Waals surface area contributed by atoms with Crippen LogP contribution in [-0.4, -0.2) is 21.8 Å². The fraction of sp³-hybridized carbons (Fsp3) is 0.400. The number of fused-ring (bicyclic) bond motifs is 1. The van der Waals surface area contributed by atoms with Crippen LogP contribution in [0.5, 0.6) is 0 Å². The van der Waals surface area contributed by atoms with Crippen molar-refractivity contribution in [1.29, 1.82) is 0 Å². The maximum atomic E-state index is 5.20. The van der Waals surface area contributed by atoms with Crippen LogP contribution >= 0.6 is 0 Å². The normalized spacial score (nSPS) is 9.36. The Morgan fingerprint density at radius 3 is 2.71 bits per heavy atom. The number of para-hydroxylation sites is 1. The van der Waals surface area contributed by atoms with Gasteiger partial charge in [0.05, 0.1) is 0 Å². The van der Waals surface area contributed by atoms with E-state index < -0.39 is 0 Å². The van der Waals surface area contributed by atoms with Gasteiger partial charge in [0.25, 0.3) is 0 Å². The fourth-order valence-corrected chi connectivity index (χ4v) is 1.07. The lowest BCUT2D eigenvalue weighted by Crippen LogP contribution is -2.11. The molecule has 0 N–H and O–H groups in total. The van der Waals surface area contributed by atoms with Crippen molar-refractivity contribution in [3.05, 3.63) is 24.3 Å². The van der Waals surface area contributed by atoms with E-state index in [4.69, 9.17) is 4.84 Å². The molecule has 0 amide bonds. The summed E-state index contributed by atoms with van der Waals surface area (Å²) in [5, 5.41) is 7.75. The van der Waals surface area contributed by atoms with Gasteiger partial charge in [-0.05, 0) is 24.3 Å². The van der Waals surface area contributed by atoms with E-state index in [1.165, 1.54) is 4.85 Å². The molecule has 2 aromatic rings. The van der Waals surface area contributed by atoms with Gasteiger partial charge in [-0.1, -0.05) is 30.8 Å². The van der Waals surface area contributed by atoms with E-state index in [0.29, 0.717) is 6.61 Å². The van der Waals surface area contributed by atoms with Crippen LogP contribution < -0.4 is 4.84 Å². The Balaban J connectivity index is 0.000000461. The maximum absolute atomic E-state index is 5.20. The zero-order valence-electron chi connectivity index (χ0n) is 8.77. The quantitative estimate of drug-likeness (QED) is 0.731. The van der Waals surface area contributed by atoms with E-state index in [1.54, 1.807) is 0 Å². The molecule has 1 heterocycles. The first-order chi connectivity index (χ1) is 6.92. The van der Waals surface area contributed by atoms with Crippen molar-refractivity contribution in [3.8, 4) is 0 Å². The van der Waals surface area contributed by atoms with Gasteiger partial charge in [-0.3, -0.25) is 0 Å². The molecule has 0 unspecified atom stereocenters. The SMILES string of the molecule is CC.CCOn1nnc2ccccc21. The van der Waals surface area contributed by atoms with Crippen molar-refractivity contribution < 1.29 is 4.84 Å². The van der Waals surface area contributed by atoms with Gasteiger partial charge in [0, 0.05) is 0 Å². The summed E-state index contributed by atoms with van der Waals surface area (Å²) in [5.74, 6) is 0. The summed E-state index contributed by atoms with van der Waals surface area (Å²) in [5.41, 5.74) is 1.75. The Morgan fingerprint density at radius 1 is 1.29 bits per heavy atom. The molecule has 4 heteroatoms. The molecule has 14 heavy (non-hydrogen) atoms. The molecular formula is C10H15N3O. The summed E-state index contributed by atoms with van der Waals surface area (Å²) >= 11 is 0. The largest absolute Gasteiger partial charge is 0.395 e. The van der Waals surface area contributed by atoms with Crippen molar-refractivity contribution in [3.63, 3.8) is 0 Å². The second-order valence-electron chi connectivity index (χ2n) is 2.37. The topological polar surface area (TPSA) is 39.9 Å². The van der Waals surface area contributed by atoms with Crippen LogP contribution in [0.4, 0.5) is 0 Å². The zero-order valence-corrected chi connectivity index (χ0v) is 8.77. The summed E-state index contributed by atoms with van der Waals surface area (Å²) in [6.07, 6.45) is 0. The maximum Gasteiger partial charge on any atom is 0.130 e. The second kappa shape index (κ2) is 5.21. The van der Waals surface area contributed by atoms with E-state index in [1.807, 2.05) is 45.0 Å². The molecule has 0 fully saturated rings. The minimum atomic E-state index is 0.591. The number of hydrogen-bond acceptors (Lipinski definition) is 3. The number of benzene rings is 1. The Kier molecular flexibility index (Phi) is 3.91. The minimum absolute atomic E-state index is 0.591. The molecule has 1 aromatic carbocycles. The van der Waals surface area contributed by atoms with Crippen LogP contribution in [0.2, 0.25) is 0 Å². The van der Waals surface area contributed by atoms with Gasteiger partial charge in [-0.25, -0.2) is 0 Å². The van der Waals surface area contributed by atoms with Crippen LogP contribution in [0.3, 0.4) is 0 Å². The number of aromatic nitrogens is 3. The molecule has 0 radical (unpaired) electrons. The number of rotatable bonds is 2. The molecule has 0 aliphatic rings. The average Bonchev–Trinajstić information content (AvgIpc) is 2.66. The molecule has 2 rings (SSSR count). The van der Waals surface area contributed by atoms with Gasteiger partial charge < -0.3 is 4.84 Å². The highest BCUT2D eigenvalue weighted by molar-refractivity contribution is 5.73. The van der Waals surface area contributed by atoms with Gasteiger partial charge in [0.1, 0.15) is 17.6 Å². The Bertz CT molecular complexity index is 384. The molecule has 76 valence electrons. The zero-order chi connectivity index (χ0) is 10.4. The van der Waals surface area contributed by atoms with Gasteiger partial charge in [0.15, 0.2) is 0 Å². The van der Waals surface area contributed by atoms with Crippen molar-refractivity contribution in [1.82, 2.24) is 15.2 Å². The predicted octanol–water partition coefficient (Wildman–Crippen LogP) is 1.91. The predicted molar refractivity (Wildman–Crippen MR) is 56.0 cm³/mol. The summed E-state index contributed by atoms with van der Waals surface area (Å²) in [6.45, 7) is 6.50. The summed E-state index contributed by atoms with van der Waals surface area (Å²) < 4.78 is 0. The van der Waals surface area contributed by atoms with Crippen LogP contribution in [0.1, 0.15) is 20.8 Å². The minimum Gasteiger partial charge on any atom is -0.395 e. The molecule has 0 aliphatic carbocycles. The van der Waals surface area contributed by atoms with Crippen molar-refractivity contribution in [2.75, 3.05) is 6.61 Å². The third kappa shape index (κ3) is 2.02. The monoisotopic (exact) mass is 193 g/mol. The summed E-state index contributed by atoms with van der Waals surface area (Å²) in [6, 6.07) is 7.68. The van der Waals surface area contributed by atoms with Gasteiger partial charge in [0.2, 0.25) is 0 Å². The van der Waals surface area contributed by atoms with E-state index in [0.717, 1.165) is 11.0 Å². The summed E-state index contributed by atoms with van der Waals surface area (Å²) in [4.78, 5) is 6.64. The molecule has 0 saturated carbocycles. The molecule has 1 aromatic heterocycles. The first-order valence-electron chi connectivity index (χ1n) is 4.85. The van der Waals surface area contributed by atoms with E-state index >= 15 is 0 Å². The van der Waals surface area contributed by atoms with Crippen LogP contribution in [-0.2, 0) is 0 Å². The van der Waals surface area contributed by atoms with E-state index in [9.17, 15) is 0 Å². The van der Waals surface area contributed by atoms with Crippen molar-refractivity contribution >= 4 is 11.0 Å². The Morgan fingerprint density at radius 2 is 2.00 bits per heavy atom. The highest BCUT2D eigenvalue weighted by atomic mass is 16.7. The third-order valence-electron chi connectivity index (χ3n) is 1.57. The summed E-state index contributed by atoms with van der Waals surface area (Å²) in [7, 11) is 0. The molecule has 0 atom stereocenters. The van der Waals surface area contributed by atoms with Crippen molar-refractivity contribution in [2.24, 2.45) is 0 Å². The van der Waals surface area contributed by atoms with Crippen LogP contribution in [0.15, 0.2) is 24.3 Å². The highest BCUT2D eigenvalue weighted by Crippen LogP contribution is 2.07. The van der Waals surface area contributed by atoms with E-state index in [2.05, 4.69) is 10.3 Å². The molecule has 0 bridgehead atoms. The highest BCUT2D eigenvalue weighted by Gasteiger charge is 2.01. The Labute approximate surface area is 83.4 Å². The lowest BCUT2D eigenvalue weighted by Gasteiger charge is -1.99. The molecule has 4 nitrogen and oxygen atoms in total. The van der Waals surface area contributed by atoms with Crippen LogP contribution in [0, 0.1) is 0 Å².